The minimum absolute atomic E-state index is 0.189. The fourth-order valence-corrected chi connectivity index (χ4v) is 7.02. The van der Waals surface area contributed by atoms with Gasteiger partial charge in [0.2, 0.25) is 5.75 Å². The molecule has 1 atom stereocenters. The summed E-state index contributed by atoms with van der Waals surface area (Å²) >= 11 is 6.05. The smallest absolute Gasteiger partial charge is 0.255 e. The summed E-state index contributed by atoms with van der Waals surface area (Å²) in [6.07, 6.45) is 5.34. The Balaban J connectivity index is 0.939. The molecule has 2 heterocycles. The lowest BCUT2D eigenvalue weighted by molar-refractivity contribution is 0.0935. The van der Waals surface area contributed by atoms with Crippen LogP contribution in [0.1, 0.15) is 82.9 Å². The molecule has 1 aliphatic heterocycles. The number of hydrogen-bond donors (Lipinski definition) is 6. The zero-order valence-electron chi connectivity index (χ0n) is 32.0. The van der Waals surface area contributed by atoms with Crippen LogP contribution in [0.25, 0.3) is 22.6 Å². The van der Waals surface area contributed by atoms with E-state index in [1.165, 1.54) is 0 Å². The number of carbonyl (C=O) groups is 1. The highest BCUT2D eigenvalue weighted by molar-refractivity contribution is 6.31. The SMILES string of the molecule is COc1cc(-c2cc(-c3cc(CO)c(CO)c(CO)c3)no2)cc(OC)c1OCCCCCCCCOc1ccc(C2NC(=O)c3cc(Cl)ccc3N2)cc1CO. The van der Waals surface area contributed by atoms with Crippen LogP contribution in [0.4, 0.5) is 5.69 Å². The van der Waals surface area contributed by atoms with Crippen molar-refractivity contribution in [3.05, 3.63) is 105 Å². The summed E-state index contributed by atoms with van der Waals surface area (Å²) in [5, 5.41) is 50.3. The third kappa shape index (κ3) is 9.81. The van der Waals surface area contributed by atoms with Gasteiger partial charge in [-0.05, 0) is 89.7 Å². The second-order valence-corrected chi connectivity index (χ2v) is 14.1. The molecule has 0 saturated heterocycles. The third-order valence-corrected chi connectivity index (χ3v) is 10.2. The van der Waals surface area contributed by atoms with Crippen LogP contribution in [-0.2, 0) is 26.4 Å². The van der Waals surface area contributed by atoms with Gasteiger partial charge >= 0.3 is 0 Å². The third-order valence-electron chi connectivity index (χ3n) is 9.92. The van der Waals surface area contributed by atoms with Crippen molar-refractivity contribution in [2.75, 3.05) is 32.8 Å². The molecular weight excluding hydrogens is 754 g/mol. The monoisotopic (exact) mass is 801 g/mol. The number of carbonyl (C=O) groups excluding carboxylic acids is 1. The Labute approximate surface area is 336 Å². The molecule has 0 bridgehead atoms. The zero-order valence-corrected chi connectivity index (χ0v) is 32.7. The molecule has 0 radical (unpaired) electrons. The van der Waals surface area contributed by atoms with Crippen molar-refractivity contribution in [3.8, 4) is 45.6 Å². The van der Waals surface area contributed by atoms with Gasteiger partial charge in [-0.25, -0.2) is 0 Å². The summed E-state index contributed by atoms with van der Waals surface area (Å²) in [7, 11) is 3.12. The van der Waals surface area contributed by atoms with E-state index in [0.717, 1.165) is 44.1 Å². The van der Waals surface area contributed by atoms with Crippen LogP contribution >= 0.6 is 11.6 Å². The zero-order chi connectivity index (χ0) is 40.3. The number of ether oxygens (including phenoxy) is 4. The Kier molecular flexibility index (Phi) is 14.3. The van der Waals surface area contributed by atoms with Crippen LogP contribution in [0.5, 0.6) is 23.0 Å². The lowest BCUT2D eigenvalue weighted by Crippen LogP contribution is -2.38. The van der Waals surface area contributed by atoms with Gasteiger partial charge in [-0.3, -0.25) is 4.79 Å². The number of unbranched alkanes of at least 4 members (excludes halogenated alkanes) is 5. The van der Waals surface area contributed by atoms with E-state index in [4.69, 9.17) is 35.1 Å². The molecular formula is C43H48ClN3O10. The maximum absolute atomic E-state index is 12.7. The minimum atomic E-state index is -0.449. The Hall–Kier alpha value is -5.31. The molecule has 57 heavy (non-hydrogen) atoms. The number of aromatic nitrogens is 1. The normalized spacial score (nSPS) is 13.5. The number of aliphatic hydroxyl groups is 4. The molecule has 1 aliphatic rings. The van der Waals surface area contributed by atoms with Gasteiger partial charge in [0.25, 0.3) is 5.91 Å². The maximum atomic E-state index is 12.7. The number of nitrogens with one attached hydrogen (secondary N) is 2. The van der Waals surface area contributed by atoms with Crippen LogP contribution in [0.15, 0.2) is 71.3 Å². The lowest BCUT2D eigenvalue weighted by atomic mass is 9.97. The number of fused-ring (bicyclic) bond motifs is 1. The molecule has 5 aromatic rings. The predicted molar refractivity (Wildman–Crippen MR) is 215 cm³/mol. The Bertz CT molecular complexity index is 2110. The summed E-state index contributed by atoms with van der Waals surface area (Å²) in [5.41, 5.74) is 5.92. The van der Waals surface area contributed by atoms with Gasteiger partial charge < -0.3 is 54.5 Å². The number of aliphatic hydroxyl groups excluding tert-OH is 4. The Morgan fingerprint density at radius 2 is 1.33 bits per heavy atom. The molecule has 1 amide bonds. The standard InChI is InChI=1S/C43H48ClN3O10/c1-53-39-18-28(38-21-36(47-57-38)27-16-29(22-48)34(25-51)30(17-27)23-49)19-40(54-2)41(39)56-14-8-6-4-3-5-7-13-55-37-12-9-26(15-31(37)24-50)42-45-35-11-10-32(44)20-33(35)43(52)46-42/h9-12,15-21,42,45,48-51H,3-8,13-14,22-25H2,1-2H3,(H,46,52). The number of methoxy groups -OCH3 is 2. The fourth-order valence-electron chi connectivity index (χ4n) is 6.85. The second-order valence-electron chi connectivity index (χ2n) is 13.6. The van der Waals surface area contributed by atoms with Crippen molar-refractivity contribution in [2.45, 2.75) is 71.1 Å². The number of hydrogen-bond acceptors (Lipinski definition) is 12. The number of benzene rings is 4. The highest BCUT2D eigenvalue weighted by Gasteiger charge is 2.26. The van der Waals surface area contributed by atoms with E-state index >= 15 is 0 Å². The average Bonchev–Trinajstić information content (AvgIpc) is 3.74. The van der Waals surface area contributed by atoms with Gasteiger partial charge in [0.1, 0.15) is 17.6 Å². The number of rotatable bonds is 20. The minimum Gasteiger partial charge on any atom is -0.493 e. The molecule has 1 aromatic heterocycles. The van der Waals surface area contributed by atoms with Gasteiger partial charge in [-0.2, -0.15) is 0 Å². The van der Waals surface area contributed by atoms with Crippen LogP contribution in [-0.4, -0.2) is 58.9 Å². The van der Waals surface area contributed by atoms with Gasteiger partial charge in [0.05, 0.1) is 59.4 Å². The molecule has 0 aliphatic carbocycles. The van der Waals surface area contributed by atoms with Crippen molar-refractivity contribution in [2.24, 2.45) is 0 Å². The molecule has 13 nitrogen and oxygen atoms in total. The van der Waals surface area contributed by atoms with E-state index in [1.807, 2.05) is 18.2 Å². The lowest BCUT2D eigenvalue weighted by Gasteiger charge is -2.28. The van der Waals surface area contributed by atoms with E-state index in [9.17, 15) is 25.2 Å². The van der Waals surface area contributed by atoms with Gasteiger partial charge in [0, 0.05) is 33.5 Å². The summed E-state index contributed by atoms with van der Waals surface area (Å²) in [4.78, 5) is 12.7. The molecule has 6 N–H and O–H groups in total. The number of nitrogens with zero attached hydrogens (tertiary/aromatic N) is 1. The summed E-state index contributed by atoms with van der Waals surface area (Å²) < 4.78 is 29.2. The first-order valence-electron chi connectivity index (χ1n) is 18.9. The predicted octanol–water partition coefficient (Wildman–Crippen LogP) is 7.30. The Morgan fingerprint density at radius 3 is 1.96 bits per heavy atom. The molecule has 4 aromatic carbocycles. The van der Waals surface area contributed by atoms with Gasteiger partial charge in [-0.1, -0.05) is 48.5 Å². The first-order valence-corrected chi connectivity index (χ1v) is 19.2. The average molecular weight is 802 g/mol. The highest BCUT2D eigenvalue weighted by atomic mass is 35.5. The van der Waals surface area contributed by atoms with Gasteiger partial charge in [-0.15, -0.1) is 0 Å². The molecule has 0 saturated carbocycles. The topological polar surface area (TPSA) is 185 Å². The number of anilines is 1. The molecule has 14 heteroatoms. The molecule has 302 valence electrons. The van der Waals surface area contributed by atoms with Crippen molar-refractivity contribution in [3.63, 3.8) is 0 Å². The fraction of sp³-hybridized carbons (Fsp3) is 0.349. The number of halogens is 1. The quantitative estimate of drug-likeness (QED) is 0.0433. The van der Waals surface area contributed by atoms with Crippen LogP contribution in [0, 0.1) is 0 Å². The van der Waals surface area contributed by atoms with Crippen molar-refractivity contribution in [1.29, 1.82) is 0 Å². The van der Waals surface area contributed by atoms with Crippen molar-refractivity contribution < 1.29 is 48.7 Å². The molecule has 6 rings (SSSR count). The Morgan fingerprint density at radius 1 is 0.684 bits per heavy atom. The van der Waals surface area contributed by atoms with Crippen LogP contribution < -0.4 is 29.6 Å². The molecule has 0 spiro atoms. The van der Waals surface area contributed by atoms with E-state index in [2.05, 4.69) is 15.8 Å². The second kappa shape index (κ2) is 19.7. The molecule has 0 fully saturated rings. The number of amides is 1. The first-order chi connectivity index (χ1) is 27.8. The first kappa shape index (κ1) is 41.3. The highest BCUT2D eigenvalue weighted by Crippen LogP contribution is 2.42. The largest absolute Gasteiger partial charge is 0.493 e. The summed E-state index contributed by atoms with van der Waals surface area (Å²) in [6.45, 7) is -0.0751. The van der Waals surface area contributed by atoms with E-state index < -0.39 is 6.17 Å². The molecule has 1 unspecified atom stereocenters. The van der Waals surface area contributed by atoms with Crippen molar-refractivity contribution in [1.82, 2.24) is 10.5 Å². The summed E-state index contributed by atoms with van der Waals surface area (Å²) in [6, 6.07) is 19.5. The van der Waals surface area contributed by atoms with Crippen molar-refractivity contribution >= 4 is 23.2 Å². The van der Waals surface area contributed by atoms with E-state index in [0.29, 0.717) is 97.3 Å². The van der Waals surface area contributed by atoms with E-state index in [1.54, 1.807) is 62.8 Å². The maximum Gasteiger partial charge on any atom is 0.255 e. The van der Waals surface area contributed by atoms with Crippen LogP contribution in [0.2, 0.25) is 5.02 Å². The van der Waals surface area contributed by atoms with Gasteiger partial charge in [0.15, 0.2) is 17.3 Å². The van der Waals surface area contributed by atoms with E-state index in [-0.39, 0.29) is 32.3 Å². The van der Waals surface area contributed by atoms with Crippen LogP contribution in [0.3, 0.4) is 0 Å². The summed E-state index contributed by atoms with van der Waals surface area (Å²) in [5.74, 6) is 2.31.